The lowest BCUT2D eigenvalue weighted by Crippen LogP contribution is -2.51. The lowest BCUT2D eigenvalue weighted by molar-refractivity contribution is -0.123. The van der Waals surface area contributed by atoms with Crippen LogP contribution in [0.3, 0.4) is 0 Å². The molecule has 1 amide bonds. The van der Waals surface area contributed by atoms with Crippen molar-refractivity contribution >= 4 is 29.1 Å². The van der Waals surface area contributed by atoms with E-state index in [0.29, 0.717) is 16.6 Å². The van der Waals surface area contributed by atoms with Gasteiger partial charge in [0.15, 0.2) is 0 Å². The summed E-state index contributed by atoms with van der Waals surface area (Å²) in [6.07, 6.45) is 0.798. The summed E-state index contributed by atoms with van der Waals surface area (Å²) >= 11 is 12.6. The zero-order chi connectivity index (χ0) is 24.6. The van der Waals surface area contributed by atoms with Crippen LogP contribution in [0.15, 0.2) is 48.5 Å². The molecule has 3 rings (SSSR count). The summed E-state index contributed by atoms with van der Waals surface area (Å²) in [6, 6.07) is 14.7. The molecule has 4 atom stereocenters. The minimum atomic E-state index is -0.841. The van der Waals surface area contributed by atoms with Crippen LogP contribution in [0.2, 0.25) is 10.0 Å². The third kappa shape index (κ3) is 6.10. The standard InChI is InChI=1S/C27H37Cl2N3O/c1-25(2,3)15-21-27(30,18-10-12-19(28)13-11-18)22(17-8-7-9-20(29)14-17)23(32-21)24(33)31-16-26(4,5)6/h7-14,21-23,32H,15-16,30H2,1-6H3,(H,31,33). The van der Waals surface area contributed by atoms with Crippen molar-refractivity contribution in [3.8, 4) is 0 Å². The van der Waals surface area contributed by atoms with Crippen LogP contribution in [0, 0.1) is 10.8 Å². The predicted octanol–water partition coefficient (Wildman–Crippen LogP) is 5.87. The topological polar surface area (TPSA) is 67.2 Å². The summed E-state index contributed by atoms with van der Waals surface area (Å²) in [5.74, 6) is -0.361. The predicted molar refractivity (Wildman–Crippen MR) is 139 cm³/mol. The number of hydrogen-bond acceptors (Lipinski definition) is 3. The highest BCUT2D eigenvalue weighted by molar-refractivity contribution is 6.30. The molecule has 1 aliphatic rings. The van der Waals surface area contributed by atoms with Crippen LogP contribution in [0.1, 0.15) is 65.0 Å². The van der Waals surface area contributed by atoms with Crippen LogP contribution < -0.4 is 16.4 Å². The first-order chi connectivity index (χ1) is 15.2. The first kappa shape index (κ1) is 26.0. The number of carbonyl (C=O) groups excluding carboxylic acids is 1. The van der Waals surface area contributed by atoms with E-state index in [4.69, 9.17) is 28.9 Å². The minimum absolute atomic E-state index is 0.00434. The molecule has 2 aromatic carbocycles. The minimum Gasteiger partial charge on any atom is -0.354 e. The third-order valence-corrected chi connectivity index (χ3v) is 6.74. The van der Waals surface area contributed by atoms with E-state index in [2.05, 4.69) is 52.2 Å². The van der Waals surface area contributed by atoms with E-state index >= 15 is 0 Å². The Balaban J connectivity index is 2.15. The van der Waals surface area contributed by atoms with Crippen LogP contribution in [-0.2, 0) is 10.3 Å². The molecule has 0 spiro atoms. The average Bonchev–Trinajstić information content (AvgIpc) is 2.98. The maximum atomic E-state index is 13.6. The van der Waals surface area contributed by atoms with Crippen LogP contribution >= 0.6 is 23.2 Å². The number of benzene rings is 2. The first-order valence-corrected chi connectivity index (χ1v) is 12.3. The van der Waals surface area contributed by atoms with Crippen molar-refractivity contribution in [3.05, 3.63) is 69.7 Å². The quantitative estimate of drug-likeness (QED) is 0.491. The zero-order valence-corrected chi connectivity index (χ0v) is 22.0. The number of nitrogens with two attached hydrogens (primary N) is 1. The molecule has 0 aromatic heterocycles. The van der Waals surface area contributed by atoms with Gasteiger partial charge in [-0.1, -0.05) is 89.0 Å². The molecule has 1 heterocycles. The highest BCUT2D eigenvalue weighted by Crippen LogP contribution is 2.48. The van der Waals surface area contributed by atoms with Crippen LogP contribution in [0.25, 0.3) is 0 Å². The van der Waals surface area contributed by atoms with Gasteiger partial charge in [-0.25, -0.2) is 0 Å². The lowest BCUT2D eigenvalue weighted by Gasteiger charge is -2.39. The van der Waals surface area contributed by atoms with Crippen molar-refractivity contribution in [2.24, 2.45) is 16.6 Å². The second-order valence-electron chi connectivity index (χ2n) is 11.7. The van der Waals surface area contributed by atoms with Crippen molar-refractivity contribution in [2.45, 2.75) is 71.5 Å². The fraction of sp³-hybridized carbons (Fsp3) is 0.519. The summed E-state index contributed by atoms with van der Waals surface area (Å²) in [6.45, 7) is 13.5. The number of halogens is 2. The van der Waals surface area contributed by atoms with E-state index in [1.807, 2.05) is 48.5 Å². The van der Waals surface area contributed by atoms with E-state index < -0.39 is 11.6 Å². The molecule has 4 nitrogen and oxygen atoms in total. The molecule has 6 heteroatoms. The third-order valence-electron chi connectivity index (χ3n) is 6.25. The van der Waals surface area contributed by atoms with E-state index in [9.17, 15) is 4.79 Å². The summed E-state index contributed by atoms with van der Waals surface area (Å²) in [5.41, 5.74) is 8.42. The molecule has 4 unspecified atom stereocenters. The second kappa shape index (κ2) is 9.58. The summed E-state index contributed by atoms with van der Waals surface area (Å²) < 4.78 is 0. The Kier molecular flexibility index (Phi) is 7.55. The molecule has 1 fully saturated rings. The Labute approximate surface area is 208 Å². The maximum Gasteiger partial charge on any atom is 0.237 e. The lowest BCUT2D eigenvalue weighted by atomic mass is 9.68. The molecule has 180 valence electrons. The second-order valence-corrected chi connectivity index (χ2v) is 12.6. The first-order valence-electron chi connectivity index (χ1n) is 11.5. The van der Waals surface area contributed by atoms with E-state index in [1.54, 1.807) is 0 Å². The molecule has 1 saturated heterocycles. The van der Waals surface area contributed by atoms with Crippen LogP contribution in [-0.4, -0.2) is 24.5 Å². The van der Waals surface area contributed by atoms with Crippen molar-refractivity contribution in [2.75, 3.05) is 6.54 Å². The van der Waals surface area contributed by atoms with Gasteiger partial charge in [0.05, 0.1) is 11.6 Å². The molecule has 0 radical (unpaired) electrons. The molecule has 2 aromatic rings. The molecule has 0 saturated carbocycles. The van der Waals surface area contributed by atoms with Gasteiger partial charge in [-0.2, -0.15) is 0 Å². The van der Waals surface area contributed by atoms with Gasteiger partial charge in [0.25, 0.3) is 0 Å². The Morgan fingerprint density at radius 3 is 2.18 bits per heavy atom. The summed E-state index contributed by atoms with van der Waals surface area (Å²) in [5, 5.41) is 8.07. The van der Waals surface area contributed by atoms with Gasteiger partial charge in [-0.3, -0.25) is 4.79 Å². The largest absolute Gasteiger partial charge is 0.354 e. The highest BCUT2D eigenvalue weighted by atomic mass is 35.5. The average molecular weight is 491 g/mol. The van der Waals surface area contributed by atoms with Crippen molar-refractivity contribution < 1.29 is 4.79 Å². The number of carbonyl (C=O) groups is 1. The van der Waals surface area contributed by atoms with Gasteiger partial charge < -0.3 is 16.4 Å². The van der Waals surface area contributed by atoms with Gasteiger partial charge in [-0.05, 0) is 52.6 Å². The molecule has 4 N–H and O–H groups in total. The number of amides is 1. The Hall–Kier alpha value is -1.59. The van der Waals surface area contributed by atoms with Gasteiger partial charge in [0.1, 0.15) is 0 Å². The molecular weight excluding hydrogens is 453 g/mol. The number of nitrogens with one attached hydrogen (secondary N) is 2. The van der Waals surface area contributed by atoms with Gasteiger partial charge >= 0.3 is 0 Å². The number of rotatable bonds is 5. The summed E-state index contributed by atoms with van der Waals surface area (Å²) in [7, 11) is 0. The molecule has 0 bridgehead atoms. The van der Waals surface area contributed by atoms with Crippen LogP contribution in [0.4, 0.5) is 0 Å². The molecular formula is C27H37Cl2N3O. The van der Waals surface area contributed by atoms with Gasteiger partial charge in [0, 0.05) is 28.5 Å². The van der Waals surface area contributed by atoms with E-state index in [1.165, 1.54) is 0 Å². The number of hydrogen-bond donors (Lipinski definition) is 3. The van der Waals surface area contributed by atoms with Crippen molar-refractivity contribution in [3.63, 3.8) is 0 Å². The zero-order valence-electron chi connectivity index (χ0n) is 20.5. The summed E-state index contributed by atoms with van der Waals surface area (Å²) in [4.78, 5) is 13.6. The Bertz CT molecular complexity index is 978. The van der Waals surface area contributed by atoms with E-state index in [0.717, 1.165) is 17.5 Å². The fourth-order valence-electron chi connectivity index (χ4n) is 4.76. The van der Waals surface area contributed by atoms with Gasteiger partial charge in [-0.15, -0.1) is 0 Å². The van der Waals surface area contributed by atoms with Crippen molar-refractivity contribution in [1.29, 1.82) is 0 Å². The Morgan fingerprint density at radius 2 is 1.64 bits per heavy atom. The Morgan fingerprint density at radius 1 is 1.00 bits per heavy atom. The molecule has 1 aliphatic heterocycles. The fourth-order valence-corrected chi connectivity index (χ4v) is 5.09. The maximum absolute atomic E-state index is 13.6. The van der Waals surface area contributed by atoms with Crippen LogP contribution in [0.5, 0.6) is 0 Å². The smallest absolute Gasteiger partial charge is 0.237 e. The highest BCUT2D eigenvalue weighted by Gasteiger charge is 2.56. The molecule has 0 aliphatic carbocycles. The van der Waals surface area contributed by atoms with Crippen molar-refractivity contribution in [1.82, 2.24) is 10.6 Å². The SMILES string of the molecule is CC(C)(C)CNC(=O)C1NC(CC(C)(C)C)C(N)(c2ccc(Cl)cc2)C1c1cccc(Cl)c1. The normalized spacial score (nSPS) is 25.8. The van der Waals surface area contributed by atoms with E-state index in [-0.39, 0.29) is 28.7 Å². The monoisotopic (exact) mass is 489 g/mol. The van der Waals surface area contributed by atoms with Gasteiger partial charge in [0.2, 0.25) is 5.91 Å². The molecule has 33 heavy (non-hydrogen) atoms.